The second-order valence-electron chi connectivity index (χ2n) is 6.40. The number of anilines is 2. The van der Waals surface area contributed by atoms with Gasteiger partial charge in [-0.05, 0) is 43.7 Å². The summed E-state index contributed by atoms with van der Waals surface area (Å²) in [5, 5.41) is 2.94. The number of carbonyl (C=O) groups is 2. The molecule has 0 saturated carbocycles. The van der Waals surface area contributed by atoms with E-state index in [4.69, 9.17) is 4.74 Å². The largest absolute Gasteiger partial charge is 0.462 e. The summed E-state index contributed by atoms with van der Waals surface area (Å²) >= 11 is 0. The molecule has 1 fully saturated rings. The molecule has 1 aromatic heterocycles. The Kier molecular flexibility index (Phi) is 5.90. The maximum absolute atomic E-state index is 12.4. The van der Waals surface area contributed by atoms with Gasteiger partial charge in [-0.2, -0.15) is 0 Å². The number of hydrogen-bond acceptors (Lipinski definition) is 5. The van der Waals surface area contributed by atoms with Crippen LogP contribution in [0.5, 0.6) is 0 Å². The van der Waals surface area contributed by atoms with Crippen molar-refractivity contribution in [2.24, 2.45) is 0 Å². The van der Waals surface area contributed by atoms with E-state index in [1.54, 1.807) is 17.9 Å². The van der Waals surface area contributed by atoms with Crippen LogP contribution in [0.3, 0.4) is 0 Å². The van der Waals surface area contributed by atoms with E-state index in [0.717, 1.165) is 17.1 Å². The topological polar surface area (TPSA) is 74.8 Å². The summed E-state index contributed by atoms with van der Waals surface area (Å²) in [5.41, 5.74) is 2.35. The number of amides is 2. The van der Waals surface area contributed by atoms with Gasteiger partial charge in [0.05, 0.1) is 12.2 Å². The SMILES string of the molecule is CCOC(=O)c1ccc(N2CCN(C(=O)Nc3cccc(C)c3)CC2)nc1. The molecule has 2 amide bonds. The second-order valence-corrected chi connectivity index (χ2v) is 6.40. The molecule has 3 rings (SSSR count). The smallest absolute Gasteiger partial charge is 0.339 e. The molecule has 0 bridgehead atoms. The van der Waals surface area contributed by atoms with Gasteiger partial charge in [0.15, 0.2) is 0 Å². The zero-order valence-electron chi connectivity index (χ0n) is 15.6. The van der Waals surface area contributed by atoms with Gasteiger partial charge in [-0.3, -0.25) is 0 Å². The number of piperazine rings is 1. The van der Waals surface area contributed by atoms with Crippen LogP contribution in [-0.2, 0) is 4.74 Å². The van der Waals surface area contributed by atoms with Crippen LogP contribution in [0, 0.1) is 6.92 Å². The predicted octanol–water partition coefficient (Wildman–Crippen LogP) is 2.92. The van der Waals surface area contributed by atoms with Crippen molar-refractivity contribution in [1.29, 1.82) is 0 Å². The number of nitrogens with zero attached hydrogens (tertiary/aromatic N) is 3. The maximum Gasteiger partial charge on any atom is 0.339 e. The minimum Gasteiger partial charge on any atom is -0.462 e. The number of urea groups is 1. The highest BCUT2D eigenvalue weighted by molar-refractivity contribution is 5.90. The summed E-state index contributed by atoms with van der Waals surface area (Å²) < 4.78 is 4.97. The molecule has 7 heteroatoms. The molecule has 1 N–H and O–H groups in total. The number of benzene rings is 1. The third kappa shape index (κ3) is 4.75. The van der Waals surface area contributed by atoms with Gasteiger partial charge in [0.2, 0.25) is 0 Å². The molecule has 0 spiro atoms. The lowest BCUT2D eigenvalue weighted by Crippen LogP contribution is -2.50. The number of carbonyl (C=O) groups excluding carboxylic acids is 2. The van der Waals surface area contributed by atoms with Crippen molar-refractivity contribution >= 4 is 23.5 Å². The van der Waals surface area contributed by atoms with E-state index < -0.39 is 0 Å². The van der Waals surface area contributed by atoms with Crippen LogP contribution in [0.1, 0.15) is 22.8 Å². The van der Waals surface area contributed by atoms with Gasteiger partial charge in [0, 0.05) is 38.1 Å². The molecule has 27 heavy (non-hydrogen) atoms. The lowest BCUT2D eigenvalue weighted by Gasteiger charge is -2.35. The number of hydrogen-bond donors (Lipinski definition) is 1. The molecule has 0 unspecified atom stereocenters. The molecule has 1 aliphatic rings. The van der Waals surface area contributed by atoms with Crippen LogP contribution in [-0.4, -0.2) is 54.7 Å². The van der Waals surface area contributed by atoms with Crippen molar-refractivity contribution in [3.63, 3.8) is 0 Å². The van der Waals surface area contributed by atoms with Gasteiger partial charge < -0.3 is 19.9 Å². The summed E-state index contributed by atoms with van der Waals surface area (Å²) in [5.74, 6) is 0.427. The van der Waals surface area contributed by atoms with Crippen LogP contribution < -0.4 is 10.2 Å². The number of nitrogens with one attached hydrogen (secondary N) is 1. The van der Waals surface area contributed by atoms with Crippen molar-refractivity contribution in [2.45, 2.75) is 13.8 Å². The normalized spacial score (nSPS) is 14.0. The van der Waals surface area contributed by atoms with E-state index in [1.165, 1.54) is 6.20 Å². The third-order valence-electron chi connectivity index (χ3n) is 4.42. The molecule has 2 aromatic rings. The van der Waals surface area contributed by atoms with E-state index in [1.807, 2.05) is 37.3 Å². The van der Waals surface area contributed by atoms with E-state index >= 15 is 0 Å². The Morgan fingerprint density at radius 1 is 1.15 bits per heavy atom. The summed E-state index contributed by atoms with van der Waals surface area (Å²) in [6, 6.07) is 11.2. The zero-order valence-corrected chi connectivity index (χ0v) is 15.6. The van der Waals surface area contributed by atoms with Crippen molar-refractivity contribution in [3.8, 4) is 0 Å². The second kappa shape index (κ2) is 8.53. The van der Waals surface area contributed by atoms with E-state index in [2.05, 4.69) is 15.2 Å². The number of esters is 1. The van der Waals surface area contributed by atoms with Gasteiger partial charge in [-0.15, -0.1) is 0 Å². The van der Waals surface area contributed by atoms with Crippen molar-refractivity contribution in [2.75, 3.05) is 43.0 Å². The van der Waals surface area contributed by atoms with Crippen molar-refractivity contribution < 1.29 is 14.3 Å². The fraction of sp³-hybridized carbons (Fsp3) is 0.350. The number of rotatable bonds is 4. The Bertz CT molecular complexity index is 799. The molecule has 1 aliphatic heterocycles. The number of ether oxygens (including phenoxy) is 1. The number of aromatic nitrogens is 1. The monoisotopic (exact) mass is 368 g/mol. The lowest BCUT2D eigenvalue weighted by molar-refractivity contribution is 0.0526. The Morgan fingerprint density at radius 3 is 2.56 bits per heavy atom. The molecule has 1 saturated heterocycles. The van der Waals surface area contributed by atoms with Gasteiger partial charge in [-0.1, -0.05) is 12.1 Å². The molecule has 0 atom stereocenters. The van der Waals surface area contributed by atoms with Gasteiger partial charge in [0.1, 0.15) is 5.82 Å². The van der Waals surface area contributed by atoms with E-state index in [9.17, 15) is 9.59 Å². The van der Waals surface area contributed by atoms with Crippen LogP contribution in [0.2, 0.25) is 0 Å². The fourth-order valence-corrected chi connectivity index (χ4v) is 2.97. The van der Waals surface area contributed by atoms with Gasteiger partial charge >= 0.3 is 12.0 Å². The van der Waals surface area contributed by atoms with Crippen molar-refractivity contribution in [1.82, 2.24) is 9.88 Å². The lowest BCUT2D eigenvalue weighted by atomic mass is 10.2. The molecular weight excluding hydrogens is 344 g/mol. The first-order valence-electron chi connectivity index (χ1n) is 9.07. The van der Waals surface area contributed by atoms with Crippen LogP contribution in [0.15, 0.2) is 42.6 Å². The van der Waals surface area contributed by atoms with E-state index in [-0.39, 0.29) is 12.0 Å². The molecule has 7 nitrogen and oxygen atoms in total. The van der Waals surface area contributed by atoms with Crippen LogP contribution in [0.25, 0.3) is 0 Å². The van der Waals surface area contributed by atoms with E-state index in [0.29, 0.717) is 38.3 Å². The quantitative estimate of drug-likeness (QED) is 0.840. The minimum absolute atomic E-state index is 0.0918. The number of aryl methyl sites for hydroxylation is 1. The summed E-state index contributed by atoms with van der Waals surface area (Å²) in [4.78, 5) is 32.4. The first-order valence-corrected chi connectivity index (χ1v) is 9.07. The highest BCUT2D eigenvalue weighted by atomic mass is 16.5. The third-order valence-corrected chi connectivity index (χ3v) is 4.42. The molecule has 1 aromatic carbocycles. The predicted molar refractivity (Wildman–Crippen MR) is 104 cm³/mol. The standard InChI is InChI=1S/C20H24N4O3/c1-3-27-19(25)16-7-8-18(21-14-16)23-9-11-24(12-10-23)20(26)22-17-6-4-5-15(2)13-17/h4-8,13-14H,3,9-12H2,1-2H3,(H,22,26). The molecular formula is C20H24N4O3. The number of pyridine rings is 1. The highest BCUT2D eigenvalue weighted by Crippen LogP contribution is 2.16. The summed E-state index contributed by atoms with van der Waals surface area (Å²) in [6.45, 7) is 6.70. The van der Waals surface area contributed by atoms with Gasteiger partial charge in [-0.25, -0.2) is 14.6 Å². The van der Waals surface area contributed by atoms with Crippen LogP contribution >= 0.6 is 0 Å². The van der Waals surface area contributed by atoms with Gasteiger partial charge in [0.25, 0.3) is 0 Å². The summed E-state index contributed by atoms with van der Waals surface area (Å²) in [7, 11) is 0. The summed E-state index contributed by atoms with van der Waals surface area (Å²) in [6.07, 6.45) is 1.53. The molecule has 2 heterocycles. The average Bonchev–Trinajstić information content (AvgIpc) is 2.68. The Labute approximate surface area is 158 Å². The Balaban J connectivity index is 1.54. The Hall–Kier alpha value is -3.09. The molecule has 0 aliphatic carbocycles. The van der Waals surface area contributed by atoms with Crippen LogP contribution in [0.4, 0.5) is 16.3 Å². The molecule has 0 radical (unpaired) electrons. The molecule has 142 valence electrons. The van der Waals surface area contributed by atoms with Crippen molar-refractivity contribution in [3.05, 3.63) is 53.7 Å². The average molecular weight is 368 g/mol. The first kappa shape index (κ1) is 18.7. The fourth-order valence-electron chi connectivity index (χ4n) is 2.97. The Morgan fingerprint density at radius 2 is 1.93 bits per heavy atom. The minimum atomic E-state index is -0.366. The zero-order chi connectivity index (χ0) is 19.2. The highest BCUT2D eigenvalue weighted by Gasteiger charge is 2.22. The maximum atomic E-state index is 12.4. The first-order chi connectivity index (χ1) is 13.1.